The summed E-state index contributed by atoms with van der Waals surface area (Å²) in [6.45, 7) is 1.90. The van der Waals surface area contributed by atoms with Crippen LogP contribution in [-0.4, -0.2) is 30.8 Å². The number of aromatic nitrogens is 4. The Morgan fingerprint density at radius 3 is 2.47 bits per heavy atom. The van der Waals surface area contributed by atoms with Crippen LogP contribution < -0.4 is 5.32 Å². The third kappa shape index (κ3) is 2.22. The van der Waals surface area contributed by atoms with Crippen molar-refractivity contribution in [2.24, 2.45) is 7.05 Å². The van der Waals surface area contributed by atoms with E-state index >= 15 is 0 Å². The van der Waals surface area contributed by atoms with Gasteiger partial charge in [-0.2, -0.15) is 5.10 Å². The highest BCUT2D eigenvalue weighted by Crippen LogP contribution is 2.16. The fraction of sp³-hybridized carbons (Fsp3) is 0.200. The van der Waals surface area contributed by atoms with Gasteiger partial charge in [-0.25, -0.2) is 14.8 Å². The van der Waals surface area contributed by atoms with Crippen molar-refractivity contribution in [3.63, 3.8) is 0 Å². The van der Waals surface area contributed by atoms with E-state index in [1.165, 1.54) is 12.4 Å². The molecule has 2 N–H and O–H groups in total. The largest absolute Gasteiger partial charge is 0.478 e. The highest BCUT2D eigenvalue weighted by molar-refractivity contribution is 5.86. The second-order valence-electron chi connectivity index (χ2n) is 3.49. The van der Waals surface area contributed by atoms with E-state index in [0.717, 1.165) is 11.4 Å². The number of anilines is 2. The highest BCUT2D eigenvalue weighted by Gasteiger charge is 2.07. The summed E-state index contributed by atoms with van der Waals surface area (Å²) < 4.78 is 1.72. The maximum Gasteiger partial charge on any atom is 0.338 e. The molecule has 2 rings (SSSR count). The van der Waals surface area contributed by atoms with E-state index in [1.807, 2.05) is 14.0 Å². The summed E-state index contributed by atoms with van der Waals surface area (Å²) in [6, 6.07) is 0. The molecule has 0 amide bonds. The zero-order valence-electron chi connectivity index (χ0n) is 9.38. The van der Waals surface area contributed by atoms with E-state index in [1.54, 1.807) is 10.9 Å². The molecule has 2 aromatic rings. The van der Waals surface area contributed by atoms with Gasteiger partial charge in [-0.05, 0) is 6.92 Å². The molecule has 0 aliphatic carbocycles. The van der Waals surface area contributed by atoms with Crippen LogP contribution >= 0.6 is 0 Å². The lowest BCUT2D eigenvalue weighted by molar-refractivity contribution is 0.0696. The molecule has 0 bridgehead atoms. The van der Waals surface area contributed by atoms with E-state index in [0.29, 0.717) is 5.95 Å². The summed E-state index contributed by atoms with van der Waals surface area (Å²) in [7, 11) is 1.83. The summed E-state index contributed by atoms with van der Waals surface area (Å²) in [5.41, 5.74) is 1.78. The number of nitrogens with zero attached hydrogens (tertiary/aromatic N) is 4. The van der Waals surface area contributed by atoms with Gasteiger partial charge in [-0.1, -0.05) is 0 Å². The number of hydrogen-bond acceptors (Lipinski definition) is 5. The van der Waals surface area contributed by atoms with Crippen LogP contribution in [0.3, 0.4) is 0 Å². The number of carbonyl (C=O) groups is 1. The van der Waals surface area contributed by atoms with Crippen LogP contribution in [0.2, 0.25) is 0 Å². The Morgan fingerprint density at radius 2 is 2.00 bits per heavy atom. The SMILES string of the molecule is Cc1c(Nc2ncc(C(=O)O)cn2)cnn1C. The minimum atomic E-state index is -1.05. The number of carboxylic acid groups (broad SMARTS) is 1. The Hall–Kier alpha value is -2.44. The van der Waals surface area contributed by atoms with Gasteiger partial charge >= 0.3 is 5.97 Å². The van der Waals surface area contributed by atoms with Gasteiger partial charge in [0.2, 0.25) is 5.95 Å². The first-order chi connectivity index (χ1) is 8.08. The van der Waals surface area contributed by atoms with Gasteiger partial charge in [0.1, 0.15) is 0 Å². The van der Waals surface area contributed by atoms with Crippen molar-refractivity contribution in [3.8, 4) is 0 Å². The first-order valence-corrected chi connectivity index (χ1v) is 4.89. The van der Waals surface area contributed by atoms with Gasteiger partial charge in [0, 0.05) is 19.4 Å². The summed E-state index contributed by atoms with van der Waals surface area (Å²) in [4.78, 5) is 18.4. The number of aromatic carboxylic acids is 1. The molecule has 2 aromatic heterocycles. The molecule has 0 atom stereocenters. The molecule has 0 aliphatic heterocycles. The number of nitrogens with one attached hydrogen (secondary N) is 1. The van der Waals surface area contributed by atoms with E-state index in [-0.39, 0.29) is 5.56 Å². The average Bonchev–Trinajstić information content (AvgIpc) is 2.62. The second kappa shape index (κ2) is 4.20. The second-order valence-corrected chi connectivity index (χ2v) is 3.49. The van der Waals surface area contributed by atoms with Gasteiger partial charge in [-0.3, -0.25) is 4.68 Å². The first-order valence-electron chi connectivity index (χ1n) is 4.89. The van der Waals surface area contributed by atoms with E-state index < -0.39 is 5.97 Å². The van der Waals surface area contributed by atoms with E-state index in [2.05, 4.69) is 20.4 Å². The molecule has 7 heteroatoms. The number of rotatable bonds is 3. The summed E-state index contributed by atoms with van der Waals surface area (Å²) in [5, 5.41) is 15.7. The number of hydrogen-bond donors (Lipinski definition) is 2. The zero-order valence-corrected chi connectivity index (χ0v) is 9.38. The molecule has 0 spiro atoms. The van der Waals surface area contributed by atoms with Crippen LogP contribution in [0, 0.1) is 6.92 Å². The molecular weight excluding hydrogens is 222 g/mol. The molecule has 0 unspecified atom stereocenters. The lowest BCUT2D eigenvalue weighted by Crippen LogP contribution is -2.02. The van der Waals surface area contributed by atoms with Crippen LogP contribution in [0.4, 0.5) is 11.6 Å². The summed E-state index contributed by atoms with van der Waals surface area (Å²) in [6.07, 6.45) is 4.16. The lowest BCUT2D eigenvalue weighted by Gasteiger charge is -2.03. The molecule has 0 saturated heterocycles. The highest BCUT2D eigenvalue weighted by atomic mass is 16.4. The zero-order chi connectivity index (χ0) is 12.4. The molecule has 2 heterocycles. The average molecular weight is 233 g/mol. The molecule has 0 fully saturated rings. The van der Waals surface area contributed by atoms with Crippen LogP contribution in [-0.2, 0) is 7.05 Å². The van der Waals surface area contributed by atoms with Gasteiger partial charge in [0.15, 0.2) is 0 Å². The molecule has 0 saturated carbocycles. The van der Waals surface area contributed by atoms with E-state index in [9.17, 15) is 4.79 Å². The van der Waals surface area contributed by atoms with Crippen molar-refractivity contribution in [2.45, 2.75) is 6.92 Å². The Balaban J connectivity index is 2.19. The predicted octanol–water partition coefficient (Wildman–Crippen LogP) is 0.960. The molecule has 17 heavy (non-hydrogen) atoms. The lowest BCUT2D eigenvalue weighted by atomic mass is 10.3. The quantitative estimate of drug-likeness (QED) is 0.820. The van der Waals surface area contributed by atoms with Crippen molar-refractivity contribution in [3.05, 3.63) is 29.8 Å². The summed E-state index contributed by atoms with van der Waals surface area (Å²) >= 11 is 0. The van der Waals surface area contributed by atoms with Gasteiger partial charge in [0.05, 0.1) is 23.1 Å². The van der Waals surface area contributed by atoms with Crippen molar-refractivity contribution < 1.29 is 9.90 Å². The van der Waals surface area contributed by atoms with Crippen molar-refractivity contribution in [2.75, 3.05) is 5.32 Å². The Morgan fingerprint density at radius 1 is 1.35 bits per heavy atom. The van der Waals surface area contributed by atoms with Crippen LogP contribution in [0.25, 0.3) is 0 Å². The molecule has 0 radical (unpaired) electrons. The van der Waals surface area contributed by atoms with E-state index in [4.69, 9.17) is 5.11 Å². The molecule has 7 nitrogen and oxygen atoms in total. The van der Waals surface area contributed by atoms with Crippen molar-refractivity contribution >= 4 is 17.6 Å². The standard InChI is InChI=1S/C10H11N5O2/c1-6-8(5-13-15(6)2)14-10-11-3-7(4-12-10)9(16)17/h3-5H,1-2H3,(H,16,17)(H,11,12,14). The smallest absolute Gasteiger partial charge is 0.338 e. The monoisotopic (exact) mass is 233 g/mol. The van der Waals surface area contributed by atoms with Crippen molar-refractivity contribution in [1.82, 2.24) is 19.7 Å². The molecule has 0 aliphatic rings. The Labute approximate surface area is 97.1 Å². The normalized spacial score (nSPS) is 10.2. The predicted molar refractivity (Wildman–Crippen MR) is 60.2 cm³/mol. The van der Waals surface area contributed by atoms with Gasteiger partial charge < -0.3 is 10.4 Å². The maximum absolute atomic E-state index is 10.6. The number of aryl methyl sites for hydroxylation is 1. The molecule has 88 valence electrons. The van der Waals surface area contributed by atoms with Gasteiger partial charge in [0.25, 0.3) is 0 Å². The Kier molecular flexibility index (Phi) is 2.73. The minimum absolute atomic E-state index is 0.0541. The van der Waals surface area contributed by atoms with Crippen molar-refractivity contribution in [1.29, 1.82) is 0 Å². The molecule has 0 aromatic carbocycles. The first kappa shape index (κ1) is 11.1. The minimum Gasteiger partial charge on any atom is -0.478 e. The summed E-state index contributed by atoms with van der Waals surface area (Å²) in [5.74, 6) is -0.708. The van der Waals surface area contributed by atoms with Crippen LogP contribution in [0.5, 0.6) is 0 Å². The topological polar surface area (TPSA) is 92.9 Å². The third-order valence-electron chi connectivity index (χ3n) is 2.38. The Bertz CT molecular complexity index is 546. The van der Waals surface area contributed by atoms with Gasteiger partial charge in [-0.15, -0.1) is 0 Å². The molecular formula is C10H11N5O2. The van der Waals surface area contributed by atoms with Crippen LogP contribution in [0.1, 0.15) is 16.1 Å². The fourth-order valence-corrected chi connectivity index (χ4v) is 1.24. The maximum atomic E-state index is 10.6. The fourth-order valence-electron chi connectivity index (χ4n) is 1.24. The van der Waals surface area contributed by atoms with Crippen LogP contribution in [0.15, 0.2) is 18.6 Å². The number of carboxylic acids is 1. The third-order valence-corrected chi connectivity index (χ3v) is 2.38.